The third-order valence-corrected chi connectivity index (χ3v) is 7.23. The third kappa shape index (κ3) is 4.72. The molecule has 2 aromatic rings. The maximum absolute atomic E-state index is 12.7. The minimum absolute atomic E-state index is 0.111. The monoisotopic (exact) mass is 416 g/mol. The maximum Gasteiger partial charge on any atom is 0.282 e. The first kappa shape index (κ1) is 21.2. The van der Waals surface area contributed by atoms with Gasteiger partial charge in [0.2, 0.25) is 10.0 Å². The van der Waals surface area contributed by atoms with Gasteiger partial charge in [-0.15, -0.1) is 0 Å². The Morgan fingerprint density at radius 3 is 2.21 bits per heavy atom. The van der Waals surface area contributed by atoms with Crippen LogP contribution in [0.1, 0.15) is 24.2 Å². The van der Waals surface area contributed by atoms with Crippen molar-refractivity contribution in [3.05, 3.63) is 60.2 Å². The minimum atomic E-state index is -3.51. The number of carbonyl (C=O) groups excluding carboxylic acids is 2. The number of amides is 1. The summed E-state index contributed by atoms with van der Waals surface area (Å²) >= 11 is 0. The van der Waals surface area contributed by atoms with Gasteiger partial charge in [0.05, 0.1) is 36.8 Å². The van der Waals surface area contributed by atoms with Gasteiger partial charge in [-0.05, 0) is 38.1 Å². The van der Waals surface area contributed by atoms with Gasteiger partial charge in [-0.25, -0.2) is 8.42 Å². The van der Waals surface area contributed by atoms with Gasteiger partial charge in [0.1, 0.15) is 0 Å². The van der Waals surface area contributed by atoms with Crippen molar-refractivity contribution in [3.8, 4) is 0 Å². The van der Waals surface area contributed by atoms with E-state index in [2.05, 4.69) is 5.32 Å². The molecule has 7 nitrogen and oxygen atoms in total. The lowest BCUT2D eigenvalue weighted by Crippen LogP contribution is -3.19. The van der Waals surface area contributed by atoms with Crippen molar-refractivity contribution in [2.75, 3.05) is 31.5 Å². The van der Waals surface area contributed by atoms with Crippen LogP contribution in [0.25, 0.3) is 0 Å². The Labute approximate surface area is 171 Å². The van der Waals surface area contributed by atoms with Crippen molar-refractivity contribution in [2.24, 2.45) is 0 Å². The second kappa shape index (κ2) is 8.86. The van der Waals surface area contributed by atoms with E-state index in [-0.39, 0.29) is 22.6 Å². The number of rotatable bonds is 6. The summed E-state index contributed by atoms with van der Waals surface area (Å²) in [5.74, 6) is -0.298. The summed E-state index contributed by atoms with van der Waals surface area (Å²) in [5.41, 5.74) is 0.975. The predicted molar refractivity (Wildman–Crippen MR) is 110 cm³/mol. The van der Waals surface area contributed by atoms with E-state index >= 15 is 0 Å². The number of hydrogen-bond donors (Lipinski definition) is 2. The van der Waals surface area contributed by atoms with E-state index < -0.39 is 10.0 Å². The highest BCUT2D eigenvalue weighted by molar-refractivity contribution is 7.89. The zero-order chi connectivity index (χ0) is 21.0. The number of benzene rings is 2. The Balaban J connectivity index is 1.62. The summed E-state index contributed by atoms with van der Waals surface area (Å²) in [4.78, 5) is 25.8. The van der Waals surface area contributed by atoms with E-state index in [1.54, 1.807) is 54.6 Å². The first-order valence-electron chi connectivity index (χ1n) is 9.61. The quantitative estimate of drug-likeness (QED) is 0.682. The molecule has 1 atom stereocenters. The Morgan fingerprint density at radius 2 is 1.59 bits per heavy atom. The number of anilines is 1. The van der Waals surface area contributed by atoms with Crippen LogP contribution in [0.3, 0.4) is 0 Å². The molecule has 0 radical (unpaired) electrons. The number of nitrogens with one attached hydrogen (secondary N) is 2. The van der Waals surface area contributed by atoms with Crippen molar-refractivity contribution in [1.82, 2.24) is 4.31 Å². The number of ketones is 1. The van der Waals surface area contributed by atoms with Crippen LogP contribution in [-0.2, 0) is 14.8 Å². The summed E-state index contributed by atoms with van der Waals surface area (Å²) in [7, 11) is -3.51. The lowest BCUT2D eigenvalue weighted by molar-refractivity contribution is -0.917. The molecule has 1 aliphatic heterocycles. The van der Waals surface area contributed by atoms with Crippen LogP contribution in [0.4, 0.5) is 5.69 Å². The van der Waals surface area contributed by atoms with Gasteiger partial charge in [0, 0.05) is 5.56 Å². The van der Waals surface area contributed by atoms with E-state index in [4.69, 9.17) is 0 Å². The molecule has 1 amide bonds. The SMILES string of the molecule is CC(=O)c1ccccc1NC(=O)[C@@H](C)[NH+]1CCN(S(=O)(=O)c2ccccc2)CC1. The van der Waals surface area contributed by atoms with Crippen LogP contribution in [0.2, 0.25) is 0 Å². The normalized spacial score (nSPS) is 16.9. The molecule has 1 heterocycles. The van der Waals surface area contributed by atoms with E-state index in [0.717, 1.165) is 4.90 Å². The predicted octanol–water partition coefficient (Wildman–Crippen LogP) is 0.806. The molecule has 2 N–H and O–H groups in total. The average molecular weight is 417 g/mol. The molecule has 1 aliphatic rings. The smallest absolute Gasteiger partial charge is 0.282 e. The molecule has 29 heavy (non-hydrogen) atoms. The highest BCUT2D eigenvalue weighted by Gasteiger charge is 2.34. The molecule has 1 saturated heterocycles. The number of hydrogen-bond acceptors (Lipinski definition) is 4. The first-order chi connectivity index (χ1) is 13.8. The van der Waals surface area contributed by atoms with Crippen LogP contribution < -0.4 is 10.2 Å². The summed E-state index contributed by atoms with van der Waals surface area (Å²) in [6.45, 7) is 5.07. The number of para-hydroxylation sites is 1. The van der Waals surface area contributed by atoms with Crippen LogP contribution in [0, 0.1) is 0 Å². The topological polar surface area (TPSA) is 88.0 Å². The van der Waals surface area contributed by atoms with Crippen LogP contribution in [0.5, 0.6) is 0 Å². The number of Topliss-reactive ketones (excluding diaryl/α,β-unsaturated/α-hetero) is 1. The zero-order valence-electron chi connectivity index (χ0n) is 16.6. The third-order valence-electron chi connectivity index (χ3n) is 5.32. The summed E-state index contributed by atoms with van der Waals surface area (Å²) in [5, 5.41) is 2.84. The van der Waals surface area contributed by atoms with Gasteiger partial charge >= 0.3 is 0 Å². The fraction of sp³-hybridized carbons (Fsp3) is 0.333. The van der Waals surface area contributed by atoms with Crippen LogP contribution in [-0.4, -0.2) is 56.6 Å². The second-order valence-electron chi connectivity index (χ2n) is 7.19. The zero-order valence-corrected chi connectivity index (χ0v) is 17.4. The van der Waals surface area contributed by atoms with E-state index in [0.29, 0.717) is 37.4 Å². The van der Waals surface area contributed by atoms with Crippen molar-refractivity contribution < 1.29 is 22.9 Å². The molecule has 0 aromatic heterocycles. The lowest BCUT2D eigenvalue weighted by Gasteiger charge is -2.34. The van der Waals surface area contributed by atoms with E-state index in [1.807, 2.05) is 6.92 Å². The molecule has 154 valence electrons. The van der Waals surface area contributed by atoms with E-state index in [9.17, 15) is 18.0 Å². The van der Waals surface area contributed by atoms with Gasteiger partial charge in [0.15, 0.2) is 11.8 Å². The summed E-state index contributed by atoms with van der Waals surface area (Å²) in [6, 6.07) is 14.9. The number of sulfonamides is 1. The molecule has 0 unspecified atom stereocenters. The van der Waals surface area contributed by atoms with Gasteiger partial charge in [-0.1, -0.05) is 30.3 Å². The molecule has 2 aromatic carbocycles. The fourth-order valence-electron chi connectivity index (χ4n) is 3.51. The molecule has 0 aliphatic carbocycles. The van der Waals surface area contributed by atoms with Crippen LogP contribution >= 0.6 is 0 Å². The highest BCUT2D eigenvalue weighted by Crippen LogP contribution is 2.16. The molecule has 8 heteroatoms. The van der Waals surface area contributed by atoms with Crippen molar-refractivity contribution in [2.45, 2.75) is 24.8 Å². The van der Waals surface area contributed by atoms with Crippen molar-refractivity contribution >= 4 is 27.4 Å². The second-order valence-corrected chi connectivity index (χ2v) is 9.13. The average Bonchev–Trinajstić information content (AvgIpc) is 2.74. The molecule has 1 fully saturated rings. The fourth-order valence-corrected chi connectivity index (χ4v) is 4.98. The van der Waals surface area contributed by atoms with Gasteiger partial charge in [0.25, 0.3) is 5.91 Å². The molecule has 0 bridgehead atoms. The van der Waals surface area contributed by atoms with Gasteiger partial charge in [-0.2, -0.15) is 4.31 Å². The van der Waals surface area contributed by atoms with Crippen molar-refractivity contribution in [3.63, 3.8) is 0 Å². The Bertz CT molecular complexity index is 984. The van der Waals surface area contributed by atoms with Crippen molar-refractivity contribution in [1.29, 1.82) is 0 Å². The number of carbonyl (C=O) groups is 2. The maximum atomic E-state index is 12.7. The van der Waals surface area contributed by atoms with Gasteiger partial charge in [-0.3, -0.25) is 9.59 Å². The Hall–Kier alpha value is -2.55. The summed E-state index contributed by atoms with van der Waals surface area (Å²) in [6.07, 6.45) is 0. The molecular formula is C21H26N3O4S+. The molecule has 0 saturated carbocycles. The van der Waals surface area contributed by atoms with Crippen LogP contribution in [0.15, 0.2) is 59.5 Å². The standard InChI is InChI=1S/C21H25N3O4S/c1-16(21(26)22-20-11-7-6-10-19(20)17(2)25)23-12-14-24(15-13-23)29(27,28)18-8-4-3-5-9-18/h3-11,16H,12-15H2,1-2H3,(H,22,26)/p+1/t16-/m1/s1. The van der Waals surface area contributed by atoms with E-state index in [1.165, 1.54) is 11.2 Å². The summed E-state index contributed by atoms with van der Waals surface area (Å²) < 4.78 is 27.0. The number of nitrogens with zero attached hydrogens (tertiary/aromatic N) is 1. The molecule has 0 spiro atoms. The molecule has 3 rings (SSSR count). The highest BCUT2D eigenvalue weighted by atomic mass is 32.2. The molecular weight excluding hydrogens is 390 g/mol. The number of piperazine rings is 1. The minimum Gasteiger partial charge on any atom is -0.323 e. The van der Waals surface area contributed by atoms with Gasteiger partial charge < -0.3 is 10.2 Å². The largest absolute Gasteiger partial charge is 0.323 e. The lowest BCUT2D eigenvalue weighted by atomic mass is 10.1. The Morgan fingerprint density at radius 1 is 1.00 bits per heavy atom. The Kier molecular flexibility index (Phi) is 6.46. The first-order valence-corrected chi connectivity index (χ1v) is 11.1. The number of quaternary nitrogens is 1.